The smallest absolute Gasteiger partial charge is 0.408 e. The third-order valence-corrected chi connectivity index (χ3v) is 3.57. The number of pyridine rings is 1. The van der Waals surface area contributed by atoms with Gasteiger partial charge in [0.15, 0.2) is 6.10 Å². The van der Waals surface area contributed by atoms with Gasteiger partial charge in [-0.25, -0.2) is 14.0 Å². The Labute approximate surface area is 162 Å². The highest BCUT2D eigenvalue weighted by Crippen LogP contribution is 2.23. The number of benzene rings is 1. The van der Waals surface area contributed by atoms with Crippen LogP contribution in [0.4, 0.5) is 9.18 Å². The van der Waals surface area contributed by atoms with Crippen LogP contribution in [0.25, 0.3) is 0 Å². The molecule has 0 aliphatic heterocycles. The summed E-state index contributed by atoms with van der Waals surface area (Å²) < 4.78 is 25.0. The van der Waals surface area contributed by atoms with Crippen LogP contribution in [0.5, 0.6) is 0 Å². The van der Waals surface area contributed by atoms with Crippen LogP contribution >= 0.6 is 0 Å². The van der Waals surface area contributed by atoms with E-state index in [9.17, 15) is 19.1 Å². The summed E-state index contributed by atoms with van der Waals surface area (Å²) >= 11 is 0. The molecule has 1 amide bonds. The van der Waals surface area contributed by atoms with Gasteiger partial charge in [-0.2, -0.15) is 0 Å². The maximum atomic E-state index is 14.3. The Hall–Kier alpha value is -3.00. The number of nitrogens with one attached hydrogen (secondary N) is 1. The molecule has 8 heteroatoms. The Morgan fingerprint density at radius 3 is 2.43 bits per heavy atom. The molecule has 2 N–H and O–H groups in total. The number of hydrogen-bond acceptors (Lipinski definition) is 5. The fourth-order valence-corrected chi connectivity index (χ4v) is 2.42. The molecular weight excluding hydrogens is 367 g/mol. The van der Waals surface area contributed by atoms with Gasteiger partial charge in [0, 0.05) is 6.20 Å². The number of amides is 1. The number of carbonyl (C=O) groups is 2. The lowest BCUT2D eigenvalue weighted by molar-refractivity contribution is -0.153. The van der Waals surface area contributed by atoms with Crippen molar-refractivity contribution in [3.05, 3.63) is 65.7 Å². The normalized spacial score (nSPS) is 13.4. The fourth-order valence-electron chi connectivity index (χ4n) is 2.42. The average Bonchev–Trinajstić information content (AvgIpc) is 2.60. The number of aliphatic carboxylic acids is 1. The highest BCUT2D eigenvalue weighted by molar-refractivity contribution is 5.76. The van der Waals surface area contributed by atoms with Crippen LogP contribution in [0.15, 0.2) is 48.7 Å². The summed E-state index contributed by atoms with van der Waals surface area (Å²) in [5.74, 6) is -2.14. The van der Waals surface area contributed by atoms with E-state index in [0.29, 0.717) is 0 Å². The summed E-state index contributed by atoms with van der Waals surface area (Å²) in [4.78, 5) is 28.0. The molecule has 1 aromatic carbocycles. The van der Waals surface area contributed by atoms with Gasteiger partial charge in [-0.3, -0.25) is 4.98 Å². The van der Waals surface area contributed by atoms with Gasteiger partial charge in [-0.15, -0.1) is 0 Å². The predicted octanol–water partition coefficient (Wildman–Crippen LogP) is 3.46. The topological polar surface area (TPSA) is 97.8 Å². The van der Waals surface area contributed by atoms with Crippen molar-refractivity contribution >= 4 is 12.1 Å². The van der Waals surface area contributed by atoms with Crippen LogP contribution in [-0.2, 0) is 20.9 Å². The van der Waals surface area contributed by atoms with Gasteiger partial charge < -0.3 is 19.9 Å². The monoisotopic (exact) mass is 390 g/mol. The molecule has 7 nitrogen and oxygen atoms in total. The second kappa shape index (κ2) is 9.27. The zero-order valence-corrected chi connectivity index (χ0v) is 15.9. The molecule has 0 unspecified atom stereocenters. The lowest BCUT2D eigenvalue weighted by Gasteiger charge is -2.27. The Morgan fingerprint density at radius 2 is 1.86 bits per heavy atom. The van der Waals surface area contributed by atoms with Gasteiger partial charge in [-0.05, 0) is 38.5 Å². The second-order valence-electron chi connectivity index (χ2n) is 7.05. The molecule has 0 spiro atoms. The minimum absolute atomic E-state index is 0.0429. The largest absolute Gasteiger partial charge is 0.479 e. The number of aromatic nitrogens is 1. The fraction of sp³-hybridized carbons (Fsp3) is 0.350. The van der Waals surface area contributed by atoms with E-state index in [1.165, 1.54) is 12.3 Å². The van der Waals surface area contributed by atoms with Crippen molar-refractivity contribution in [1.29, 1.82) is 0 Å². The van der Waals surface area contributed by atoms with Gasteiger partial charge in [0.1, 0.15) is 23.2 Å². The molecule has 0 aliphatic rings. The van der Waals surface area contributed by atoms with Crippen LogP contribution in [0, 0.1) is 5.82 Å². The Bertz CT molecular complexity index is 808. The van der Waals surface area contributed by atoms with E-state index in [2.05, 4.69) is 10.3 Å². The first-order chi connectivity index (χ1) is 13.2. The van der Waals surface area contributed by atoms with Crippen molar-refractivity contribution in [2.45, 2.75) is 45.1 Å². The van der Waals surface area contributed by atoms with Gasteiger partial charge in [-0.1, -0.05) is 30.3 Å². The summed E-state index contributed by atoms with van der Waals surface area (Å²) in [7, 11) is 0. The van der Waals surface area contributed by atoms with Crippen molar-refractivity contribution < 1.29 is 28.6 Å². The SMILES string of the molecule is CC(C)(C)OC(=O)N[C@@H](c1ncccc1F)[C@@H](OCc1ccccc1)C(=O)O. The van der Waals surface area contributed by atoms with Crippen molar-refractivity contribution in [3.8, 4) is 0 Å². The van der Waals surface area contributed by atoms with Crippen LogP contribution in [0.2, 0.25) is 0 Å². The molecule has 2 aromatic rings. The lowest BCUT2D eigenvalue weighted by Crippen LogP contribution is -2.44. The quantitative estimate of drug-likeness (QED) is 0.751. The molecule has 0 saturated heterocycles. The third-order valence-electron chi connectivity index (χ3n) is 3.57. The predicted molar refractivity (Wildman–Crippen MR) is 99.0 cm³/mol. The molecular formula is C20H23FN2O5. The standard InChI is InChI=1S/C20H23FN2O5/c1-20(2,3)28-19(26)23-16(15-14(21)10-7-11-22-15)17(18(24)25)27-12-13-8-5-4-6-9-13/h4-11,16-17H,12H2,1-3H3,(H,23,26)(H,24,25)/t16-,17+/m0/s1. The molecule has 2 atom stereocenters. The Balaban J connectivity index is 2.29. The van der Waals surface area contributed by atoms with Crippen LogP contribution in [-0.4, -0.2) is 33.9 Å². The average molecular weight is 390 g/mol. The molecule has 1 heterocycles. The number of ether oxygens (including phenoxy) is 2. The first-order valence-electron chi connectivity index (χ1n) is 8.65. The van der Waals surface area contributed by atoms with Gasteiger partial charge >= 0.3 is 12.1 Å². The second-order valence-corrected chi connectivity index (χ2v) is 7.05. The summed E-state index contributed by atoms with van der Waals surface area (Å²) in [5, 5.41) is 12.0. The van der Waals surface area contributed by atoms with Crippen molar-refractivity contribution in [1.82, 2.24) is 10.3 Å². The highest BCUT2D eigenvalue weighted by atomic mass is 19.1. The number of carboxylic acids is 1. The molecule has 0 saturated carbocycles. The van der Waals surface area contributed by atoms with Crippen LogP contribution in [0.1, 0.15) is 38.1 Å². The maximum Gasteiger partial charge on any atom is 0.408 e. The molecule has 1 aromatic heterocycles. The number of carbonyl (C=O) groups excluding carboxylic acids is 1. The van der Waals surface area contributed by atoms with E-state index >= 15 is 0 Å². The number of halogens is 1. The summed E-state index contributed by atoms with van der Waals surface area (Å²) in [5.41, 5.74) is -0.346. The van der Waals surface area contributed by atoms with Crippen molar-refractivity contribution in [2.75, 3.05) is 0 Å². The van der Waals surface area contributed by atoms with E-state index in [0.717, 1.165) is 11.6 Å². The van der Waals surface area contributed by atoms with Crippen LogP contribution in [0.3, 0.4) is 0 Å². The zero-order valence-electron chi connectivity index (χ0n) is 15.9. The number of carboxylic acid groups (broad SMARTS) is 1. The number of hydrogen-bond donors (Lipinski definition) is 2. The van der Waals surface area contributed by atoms with Gasteiger partial charge in [0.25, 0.3) is 0 Å². The highest BCUT2D eigenvalue weighted by Gasteiger charge is 2.36. The van der Waals surface area contributed by atoms with E-state index in [-0.39, 0.29) is 12.3 Å². The number of alkyl carbamates (subject to hydrolysis) is 1. The van der Waals surface area contributed by atoms with Gasteiger partial charge in [0.05, 0.1) is 6.61 Å². The maximum absolute atomic E-state index is 14.3. The molecule has 2 rings (SSSR count). The summed E-state index contributed by atoms with van der Waals surface area (Å²) in [6, 6.07) is 10.00. The molecule has 0 radical (unpaired) electrons. The molecule has 0 aliphatic carbocycles. The first-order valence-corrected chi connectivity index (χ1v) is 8.65. The lowest BCUT2D eigenvalue weighted by atomic mass is 10.1. The summed E-state index contributed by atoms with van der Waals surface area (Å²) in [6.45, 7) is 4.93. The minimum atomic E-state index is -1.59. The number of nitrogens with zero attached hydrogens (tertiary/aromatic N) is 1. The van der Waals surface area contributed by atoms with E-state index in [4.69, 9.17) is 9.47 Å². The third kappa shape index (κ3) is 6.31. The molecule has 0 bridgehead atoms. The molecule has 28 heavy (non-hydrogen) atoms. The molecule has 150 valence electrons. The number of rotatable bonds is 7. The van der Waals surface area contributed by atoms with Crippen molar-refractivity contribution in [3.63, 3.8) is 0 Å². The Kier molecular flexibility index (Phi) is 7.06. The Morgan fingerprint density at radius 1 is 1.18 bits per heavy atom. The van der Waals surface area contributed by atoms with E-state index < -0.39 is 35.6 Å². The minimum Gasteiger partial charge on any atom is -0.479 e. The van der Waals surface area contributed by atoms with E-state index in [1.807, 2.05) is 6.07 Å². The van der Waals surface area contributed by atoms with Gasteiger partial charge in [0.2, 0.25) is 0 Å². The van der Waals surface area contributed by atoms with Crippen molar-refractivity contribution in [2.24, 2.45) is 0 Å². The van der Waals surface area contributed by atoms with E-state index in [1.54, 1.807) is 45.0 Å². The zero-order chi connectivity index (χ0) is 20.7. The first kappa shape index (κ1) is 21.3. The molecule has 0 fully saturated rings. The summed E-state index contributed by atoms with van der Waals surface area (Å²) in [6.07, 6.45) is -1.19. The van der Waals surface area contributed by atoms with Crippen LogP contribution < -0.4 is 5.32 Å².